The molecule has 1 atom stereocenters. The molecule has 1 aromatic carbocycles. The molecule has 18 heavy (non-hydrogen) atoms. The molecule has 7 heteroatoms. The zero-order valence-electron chi connectivity index (χ0n) is 9.57. The average molecular weight is 319 g/mol. The molecule has 0 aromatic heterocycles. The maximum atomic E-state index is 13.4. The second-order valence-corrected chi connectivity index (χ2v) is 4.17. The van der Waals surface area contributed by atoms with Crippen molar-refractivity contribution in [3.8, 4) is 0 Å². The van der Waals surface area contributed by atoms with Gasteiger partial charge in [0.15, 0.2) is 6.04 Å². The quantitative estimate of drug-likeness (QED) is 0.649. The van der Waals surface area contributed by atoms with Gasteiger partial charge in [-0.1, -0.05) is 6.07 Å². The first-order valence-electron chi connectivity index (χ1n) is 5.14. The lowest BCUT2D eigenvalue weighted by Gasteiger charge is -2.12. The lowest BCUT2D eigenvalue weighted by molar-refractivity contribution is -0.146. The van der Waals surface area contributed by atoms with Crippen LogP contribution >= 0.6 is 15.9 Å². The SMILES string of the molecule is CCOC(=O)C(N)C(=O)Nc1c(F)cccc1Br. The van der Waals surface area contributed by atoms with Crippen molar-refractivity contribution in [2.75, 3.05) is 11.9 Å². The van der Waals surface area contributed by atoms with Crippen molar-refractivity contribution < 1.29 is 18.7 Å². The van der Waals surface area contributed by atoms with Gasteiger partial charge in [-0.15, -0.1) is 0 Å². The first-order valence-corrected chi connectivity index (χ1v) is 5.93. The standard InChI is InChI=1S/C11H12BrFN2O3/c1-2-18-11(17)8(14)10(16)15-9-6(12)4-3-5-7(9)13/h3-5,8H,2,14H2,1H3,(H,15,16). The number of hydrogen-bond donors (Lipinski definition) is 2. The summed E-state index contributed by atoms with van der Waals surface area (Å²) in [6.07, 6.45) is 0. The number of anilines is 1. The molecule has 0 aliphatic rings. The predicted octanol–water partition coefficient (Wildman–Crippen LogP) is 1.42. The van der Waals surface area contributed by atoms with Crippen molar-refractivity contribution in [3.05, 3.63) is 28.5 Å². The van der Waals surface area contributed by atoms with Crippen LogP contribution in [0.1, 0.15) is 6.92 Å². The highest BCUT2D eigenvalue weighted by molar-refractivity contribution is 9.10. The maximum Gasteiger partial charge on any atom is 0.332 e. The highest BCUT2D eigenvalue weighted by Gasteiger charge is 2.24. The Morgan fingerprint density at radius 2 is 2.22 bits per heavy atom. The minimum Gasteiger partial charge on any atom is -0.464 e. The van der Waals surface area contributed by atoms with Crippen LogP contribution in [0.4, 0.5) is 10.1 Å². The van der Waals surface area contributed by atoms with Crippen molar-refractivity contribution in [3.63, 3.8) is 0 Å². The van der Waals surface area contributed by atoms with Crippen molar-refractivity contribution in [2.24, 2.45) is 5.73 Å². The fourth-order valence-corrected chi connectivity index (χ4v) is 1.60. The van der Waals surface area contributed by atoms with Gasteiger partial charge in [0.05, 0.1) is 12.3 Å². The van der Waals surface area contributed by atoms with Crippen LogP contribution in [0.5, 0.6) is 0 Å². The van der Waals surface area contributed by atoms with Crippen LogP contribution in [0.15, 0.2) is 22.7 Å². The van der Waals surface area contributed by atoms with Gasteiger partial charge in [-0.25, -0.2) is 9.18 Å². The van der Waals surface area contributed by atoms with E-state index >= 15 is 0 Å². The number of rotatable bonds is 4. The first kappa shape index (κ1) is 14.6. The Hall–Kier alpha value is -1.47. The van der Waals surface area contributed by atoms with E-state index in [4.69, 9.17) is 5.73 Å². The number of carbonyl (C=O) groups is 2. The highest BCUT2D eigenvalue weighted by Crippen LogP contribution is 2.25. The molecule has 5 nitrogen and oxygen atoms in total. The molecule has 0 aliphatic heterocycles. The van der Waals surface area contributed by atoms with E-state index in [0.717, 1.165) is 0 Å². The molecule has 0 spiro atoms. The molecule has 1 unspecified atom stereocenters. The molecule has 0 saturated heterocycles. The van der Waals surface area contributed by atoms with Crippen LogP contribution in [0.2, 0.25) is 0 Å². The van der Waals surface area contributed by atoms with E-state index in [1.807, 2.05) is 0 Å². The highest BCUT2D eigenvalue weighted by atomic mass is 79.9. The van der Waals surface area contributed by atoms with E-state index in [2.05, 4.69) is 26.0 Å². The van der Waals surface area contributed by atoms with Crippen LogP contribution in [0.3, 0.4) is 0 Å². The molecular formula is C11H12BrFN2O3. The number of nitrogens with one attached hydrogen (secondary N) is 1. The number of nitrogens with two attached hydrogens (primary N) is 1. The Kier molecular flexibility index (Phi) is 5.24. The fraction of sp³-hybridized carbons (Fsp3) is 0.273. The van der Waals surface area contributed by atoms with Gasteiger partial charge in [0.25, 0.3) is 5.91 Å². The minimum atomic E-state index is -1.49. The molecule has 0 bridgehead atoms. The number of para-hydroxylation sites is 1. The molecule has 98 valence electrons. The van der Waals surface area contributed by atoms with E-state index in [9.17, 15) is 14.0 Å². The van der Waals surface area contributed by atoms with Gasteiger partial charge in [-0.2, -0.15) is 0 Å². The Morgan fingerprint density at radius 3 is 2.78 bits per heavy atom. The Morgan fingerprint density at radius 1 is 1.56 bits per heavy atom. The molecule has 1 amide bonds. The lowest BCUT2D eigenvalue weighted by Crippen LogP contribution is -2.43. The number of halogens is 2. The van der Waals surface area contributed by atoms with Crippen LogP contribution < -0.4 is 11.1 Å². The number of ether oxygens (including phenoxy) is 1. The van der Waals surface area contributed by atoms with Crippen molar-refractivity contribution in [2.45, 2.75) is 13.0 Å². The number of hydrogen-bond acceptors (Lipinski definition) is 4. The second kappa shape index (κ2) is 6.46. The summed E-state index contributed by atoms with van der Waals surface area (Å²) in [5.41, 5.74) is 5.30. The van der Waals surface area contributed by atoms with Crippen molar-refractivity contribution in [1.29, 1.82) is 0 Å². The third kappa shape index (κ3) is 3.51. The van der Waals surface area contributed by atoms with Crippen LogP contribution in [0.25, 0.3) is 0 Å². The summed E-state index contributed by atoms with van der Waals surface area (Å²) < 4.78 is 18.4. The largest absolute Gasteiger partial charge is 0.464 e. The molecule has 0 saturated carbocycles. The van der Waals surface area contributed by atoms with Gasteiger partial charge < -0.3 is 15.8 Å². The predicted molar refractivity (Wildman–Crippen MR) is 67.3 cm³/mol. The third-order valence-electron chi connectivity index (χ3n) is 2.03. The summed E-state index contributed by atoms with van der Waals surface area (Å²) in [5, 5.41) is 2.23. The number of amides is 1. The van der Waals surface area contributed by atoms with Gasteiger partial charge >= 0.3 is 5.97 Å². The van der Waals surface area contributed by atoms with Gasteiger partial charge in [-0.05, 0) is 35.0 Å². The Bertz CT molecular complexity index is 447. The zero-order chi connectivity index (χ0) is 13.7. The second-order valence-electron chi connectivity index (χ2n) is 3.32. The smallest absolute Gasteiger partial charge is 0.332 e. The number of esters is 1. The minimum absolute atomic E-state index is 0.0674. The lowest BCUT2D eigenvalue weighted by atomic mass is 10.2. The van der Waals surface area contributed by atoms with E-state index < -0.39 is 23.7 Å². The zero-order valence-corrected chi connectivity index (χ0v) is 11.2. The molecule has 0 heterocycles. The van der Waals surface area contributed by atoms with E-state index in [1.165, 1.54) is 12.1 Å². The van der Waals surface area contributed by atoms with Gasteiger partial charge in [-0.3, -0.25) is 4.79 Å². The third-order valence-corrected chi connectivity index (χ3v) is 2.69. The molecule has 0 fully saturated rings. The molecule has 1 aromatic rings. The van der Waals surface area contributed by atoms with Crippen molar-refractivity contribution in [1.82, 2.24) is 0 Å². The topological polar surface area (TPSA) is 81.4 Å². The number of carbonyl (C=O) groups excluding carboxylic acids is 2. The molecular weight excluding hydrogens is 307 g/mol. The summed E-state index contributed by atoms with van der Waals surface area (Å²) in [5.74, 6) is -2.32. The summed E-state index contributed by atoms with van der Waals surface area (Å²) in [6.45, 7) is 1.71. The first-order chi connectivity index (χ1) is 8.47. The molecule has 1 rings (SSSR count). The van der Waals surface area contributed by atoms with Crippen molar-refractivity contribution >= 4 is 33.5 Å². The van der Waals surface area contributed by atoms with Crippen LogP contribution in [-0.4, -0.2) is 24.5 Å². The fourth-order valence-electron chi connectivity index (χ4n) is 1.16. The molecule has 0 radical (unpaired) electrons. The van der Waals surface area contributed by atoms with Gasteiger partial charge in [0.2, 0.25) is 0 Å². The summed E-state index contributed by atoms with van der Waals surface area (Å²) in [6, 6.07) is 2.71. The summed E-state index contributed by atoms with van der Waals surface area (Å²) >= 11 is 3.08. The average Bonchev–Trinajstić information content (AvgIpc) is 2.33. The molecule has 0 aliphatic carbocycles. The molecule has 3 N–H and O–H groups in total. The summed E-state index contributed by atoms with van der Waals surface area (Å²) in [4.78, 5) is 22.8. The summed E-state index contributed by atoms with van der Waals surface area (Å²) in [7, 11) is 0. The van der Waals surface area contributed by atoms with E-state index in [0.29, 0.717) is 4.47 Å². The van der Waals surface area contributed by atoms with Crippen LogP contribution in [-0.2, 0) is 14.3 Å². The van der Waals surface area contributed by atoms with Crippen LogP contribution in [0, 0.1) is 5.82 Å². The Labute approximate surface area is 112 Å². The van der Waals surface area contributed by atoms with Gasteiger partial charge in [0, 0.05) is 4.47 Å². The normalized spacial score (nSPS) is 11.8. The maximum absolute atomic E-state index is 13.4. The van der Waals surface area contributed by atoms with Gasteiger partial charge in [0.1, 0.15) is 5.82 Å². The van der Waals surface area contributed by atoms with E-state index in [-0.39, 0.29) is 12.3 Å². The Balaban J connectivity index is 2.79. The monoisotopic (exact) mass is 318 g/mol. The number of benzene rings is 1. The van der Waals surface area contributed by atoms with E-state index in [1.54, 1.807) is 13.0 Å².